The Kier molecular flexibility index (Phi) is 4.82. The monoisotopic (exact) mass is 213 g/mol. The van der Waals surface area contributed by atoms with Crippen LogP contribution in [-0.4, -0.2) is 16.1 Å². The van der Waals surface area contributed by atoms with Crippen LogP contribution in [0.3, 0.4) is 0 Å². The second-order valence-corrected chi connectivity index (χ2v) is 3.28. The molecule has 0 amide bonds. The fourth-order valence-electron chi connectivity index (χ4n) is 0.779. The molecule has 0 heterocycles. The van der Waals surface area contributed by atoms with Crippen molar-refractivity contribution in [2.24, 2.45) is 11.6 Å². The van der Waals surface area contributed by atoms with Crippen LogP contribution in [0.5, 0.6) is 0 Å². The van der Waals surface area contributed by atoms with E-state index < -0.39 is 0 Å². The Balaban J connectivity index is 4.46. The van der Waals surface area contributed by atoms with E-state index in [-0.39, 0.29) is 11.1 Å². The van der Waals surface area contributed by atoms with E-state index in [1.54, 1.807) is 13.0 Å². The summed E-state index contributed by atoms with van der Waals surface area (Å²) in [6.45, 7) is 7.29. The Morgan fingerprint density at radius 1 is 1.57 bits per heavy atom. The van der Waals surface area contributed by atoms with Gasteiger partial charge in [0.25, 0.3) is 0 Å². The van der Waals surface area contributed by atoms with Crippen molar-refractivity contribution >= 4 is 23.3 Å². The van der Waals surface area contributed by atoms with Crippen LogP contribution in [0.1, 0.15) is 13.8 Å². The number of rotatable bonds is 2. The molecule has 5 nitrogen and oxygen atoms in total. The summed E-state index contributed by atoms with van der Waals surface area (Å²) in [6.07, 6.45) is 1.75. The number of hydrogen-bond acceptors (Lipinski definition) is 3. The molecule has 0 aromatic heterocycles. The minimum atomic E-state index is -0.0764. The topological polar surface area (TPSA) is 91.2 Å². The lowest BCUT2D eigenvalue weighted by atomic mass is 10.3. The summed E-state index contributed by atoms with van der Waals surface area (Å²) in [6, 6.07) is 0. The van der Waals surface area contributed by atoms with E-state index >= 15 is 0 Å². The first-order chi connectivity index (χ1) is 6.34. The van der Waals surface area contributed by atoms with E-state index in [4.69, 9.17) is 17.0 Å². The largest absolute Gasteiger partial charge is 0.376 e. The maximum atomic E-state index is 7.45. The molecule has 6 heteroatoms. The minimum absolute atomic E-state index is 0.00794. The van der Waals surface area contributed by atoms with Gasteiger partial charge in [0.1, 0.15) is 0 Å². The third kappa shape index (κ3) is 4.58. The van der Waals surface area contributed by atoms with E-state index in [9.17, 15) is 0 Å². The Bertz CT molecular complexity index is 294. The number of thiocarbonyl (C=S) groups is 1. The zero-order chi connectivity index (χ0) is 11.3. The first kappa shape index (κ1) is 12.6. The summed E-state index contributed by atoms with van der Waals surface area (Å²) in [7, 11) is 0. The van der Waals surface area contributed by atoms with Crippen molar-refractivity contribution in [1.82, 2.24) is 10.3 Å². The SMILES string of the molecule is C=C(C)/C=C(/C)N(N)C(=N)NC(N)=S. The standard InChI is InChI=1S/C8H15N5S/c1-5(2)4-6(3)13(11)7(9)12-8(10)14/h4H,1,11H2,2-3H3,(H4,9,10,12,14)/b6-4-. The number of nitrogens with two attached hydrogens (primary N) is 2. The Labute approximate surface area is 88.9 Å². The van der Waals surface area contributed by atoms with Crippen molar-refractivity contribution in [3.63, 3.8) is 0 Å². The van der Waals surface area contributed by atoms with Crippen molar-refractivity contribution in [1.29, 1.82) is 5.41 Å². The molecule has 0 radical (unpaired) electrons. The third-order valence-corrected chi connectivity index (χ3v) is 1.42. The van der Waals surface area contributed by atoms with Crippen molar-refractivity contribution in [3.05, 3.63) is 23.9 Å². The lowest BCUT2D eigenvalue weighted by molar-refractivity contribution is 0.528. The number of nitrogens with zero attached hydrogens (tertiary/aromatic N) is 1. The maximum absolute atomic E-state index is 7.45. The van der Waals surface area contributed by atoms with Crippen molar-refractivity contribution < 1.29 is 0 Å². The summed E-state index contributed by atoms with van der Waals surface area (Å²) in [4.78, 5) is 0. The van der Waals surface area contributed by atoms with E-state index in [2.05, 4.69) is 24.1 Å². The van der Waals surface area contributed by atoms with Crippen LogP contribution in [0.15, 0.2) is 23.9 Å². The van der Waals surface area contributed by atoms with Gasteiger partial charge in [0, 0.05) is 5.70 Å². The number of allylic oxidation sites excluding steroid dienone is 3. The molecule has 0 saturated carbocycles. The molecule has 0 bridgehead atoms. The normalized spacial score (nSPS) is 10.6. The van der Waals surface area contributed by atoms with Crippen LogP contribution < -0.4 is 16.9 Å². The zero-order valence-electron chi connectivity index (χ0n) is 8.29. The molecular formula is C8H15N5S. The molecule has 0 rings (SSSR count). The highest BCUT2D eigenvalue weighted by Crippen LogP contribution is 2.01. The number of hydrazine groups is 1. The summed E-state index contributed by atoms with van der Waals surface area (Å²) in [5, 5.41) is 11.0. The highest BCUT2D eigenvalue weighted by molar-refractivity contribution is 7.80. The fraction of sp³-hybridized carbons (Fsp3) is 0.250. The van der Waals surface area contributed by atoms with Gasteiger partial charge in [-0.3, -0.25) is 10.4 Å². The van der Waals surface area contributed by atoms with Crippen LogP contribution in [0.25, 0.3) is 0 Å². The Morgan fingerprint density at radius 2 is 2.07 bits per heavy atom. The molecule has 6 N–H and O–H groups in total. The van der Waals surface area contributed by atoms with Crippen LogP contribution >= 0.6 is 12.2 Å². The first-order valence-corrected chi connectivity index (χ1v) is 4.29. The van der Waals surface area contributed by atoms with E-state index in [1.807, 2.05) is 6.92 Å². The van der Waals surface area contributed by atoms with Crippen molar-refractivity contribution in [2.45, 2.75) is 13.8 Å². The molecule has 0 saturated heterocycles. The number of nitrogens with one attached hydrogen (secondary N) is 2. The maximum Gasteiger partial charge on any atom is 0.216 e. The lowest BCUT2D eigenvalue weighted by Gasteiger charge is -2.20. The molecule has 0 aromatic rings. The summed E-state index contributed by atoms with van der Waals surface area (Å²) in [5.41, 5.74) is 6.71. The quantitative estimate of drug-likeness (QED) is 0.133. The predicted octanol–water partition coefficient (Wildman–Crippen LogP) is 0.410. The molecule has 0 unspecified atom stereocenters. The molecule has 0 aliphatic heterocycles. The van der Waals surface area contributed by atoms with Gasteiger partial charge in [-0.25, -0.2) is 5.84 Å². The summed E-state index contributed by atoms with van der Waals surface area (Å²) >= 11 is 4.57. The zero-order valence-corrected chi connectivity index (χ0v) is 9.11. The first-order valence-electron chi connectivity index (χ1n) is 3.88. The second-order valence-electron chi connectivity index (χ2n) is 2.84. The van der Waals surface area contributed by atoms with Crippen LogP contribution in [0, 0.1) is 5.41 Å². The van der Waals surface area contributed by atoms with Gasteiger partial charge >= 0.3 is 0 Å². The number of hydrogen-bond donors (Lipinski definition) is 4. The van der Waals surface area contributed by atoms with Gasteiger partial charge < -0.3 is 11.1 Å². The molecule has 0 fully saturated rings. The van der Waals surface area contributed by atoms with Gasteiger partial charge in [-0.15, -0.1) is 0 Å². The van der Waals surface area contributed by atoms with E-state index in [1.165, 1.54) is 0 Å². The van der Waals surface area contributed by atoms with Gasteiger partial charge in [-0.2, -0.15) is 0 Å². The van der Waals surface area contributed by atoms with Gasteiger partial charge in [-0.05, 0) is 32.1 Å². The highest BCUT2D eigenvalue weighted by atomic mass is 32.1. The Hall–Kier alpha value is -1.40. The van der Waals surface area contributed by atoms with Crippen LogP contribution in [0.4, 0.5) is 0 Å². The van der Waals surface area contributed by atoms with E-state index in [0.717, 1.165) is 10.6 Å². The average molecular weight is 213 g/mol. The van der Waals surface area contributed by atoms with E-state index in [0.29, 0.717) is 5.70 Å². The summed E-state index contributed by atoms with van der Waals surface area (Å²) < 4.78 is 0. The second kappa shape index (κ2) is 5.36. The minimum Gasteiger partial charge on any atom is -0.376 e. The molecule has 0 atom stereocenters. The fourth-order valence-corrected chi connectivity index (χ4v) is 0.876. The predicted molar refractivity (Wildman–Crippen MR) is 62.2 cm³/mol. The summed E-state index contributed by atoms with van der Waals surface area (Å²) in [5.74, 6) is 5.50. The van der Waals surface area contributed by atoms with Crippen molar-refractivity contribution in [2.75, 3.05) is 0 Å². The highest BCUT2D eigenvalue weighted by Gasteiger charge is 2.06. The average Bonchev–Trinajstić information content (AvgIpc) is 2.00. The van der Waals surface area contributed by atoms with Crippen LogP contribution in [-0.2, 0) is 0 Å². The molecule has 0 aromatic carbocycles. The molecule has 78 valence electrons. The van der Waals surface area contributed by atoms with Gasteiger partial charge in [0.05, 0.1) is 0 Å². The molecule has 0 spiro atoms. The Morgan fingerprint density at radius 3 is 2.43 bits per heavy atom. The molecule has 14 heavy (non-hydrogen) atoms. The van der Waals surface area contributed by atoms with Gasteiger partial charge in [0.2, 0.25) is 5.96 Å². The smallest absolute Gasteiger partial charge is 0.216 e. The molecule has 0 aliphatic carbocycles. The van der Waals surface area contributed by atoms with Gasteiger partial charge in [0.15, 0.2) is 5.11 Å². The van der Waals surface area contributed by atoms with Gasteiger partial charge in [-0.1, -0.05) is 12.2 Å². The number of guanidine groups is 1. The van der Waals surface area contributed by atoms with Crippen LogP contribution in [0.2, 0.25) is 0 Å². The van der Waals surface area contributed by atoms with Crippen molar-refractivity contribution in [3.8, 4) is 0 Å². The molecule has 0 aliphatic rings. The third-order valence-electron chi connectivity index (χ3n) is 1.32. The lowest BCUT2D eigenvalue weighted by Crippen LogP contribution is -2.47. The molecular weight excluding hydrogens is 198 g/mol.